The molecule has 0 fully saturated rings. The van der Waals surface area contributed by atoms with Crippen LogP contribution in [-0.2, 0) is 37.9 Å². The molecule has 2 heterocycles. The van der Waals surface area contributed by atoms with Crippen molar-refractivity contribution in [2.45, 2.75) is 174 Å². The van der Waals surface area contributed by atoms with E-state index in [0.717, 1.165) is 70.7 Å². The first kappa shape index (κ1) is 43.8. The third-order valence-corrected chi connectivity index (χ3v) is 19.0. The number of anilines is 6. The maximum atomic E-state index is 9.37. The molecule has 366 valence electrons. The van der Waals surface area contributed by atoms with Gasteiger partial charge < -0.3 is 9.80 Å². The molecule has 0 spiro atoms. The number of rotatable bonds is 5. The predicted molar refractivity (Wildman–Crippen MR) is 311 cm³/mol. The van der Waals surface area contributed by atoms with E-state index in [-0.39, 0.29) is 44.6 Å². The Kier molecular flexibility index (Phi) is 9.21. The summed E-state index contributed by atoms with van der Waals surface area (Å²) in [4.78, 5) is 5.03. The molecule has 0 N–H and O–H groups in total. The van der Waals surface area contributed by atoms with E-state index in [9.17, 15) is 4.11 Å². The van der Waals surface area contributed by atoms with Gasteiger partial charge in [0, 0.05) is 43.5 Å². The molecule has 0 aromatic heterocycles. The van der Waals surface area contributed by atoms with E-state index in [4.69, 9.17) is 0 Å². The van der Waals surface area contributed by atoms with Crippen molar-refractivity contribution in [3.05, 3.63) is 183 Å². The van der Waals surface area contributed by atoms with Gasteiger partial charge in [-0.3, -0.25) is 0 Å². The van der Waals surface area contributed by atoms with E-state index in [1.165, 1.54) is 66.7 Å². The van der Waals surface area contributed by atoms with E-state index in [2.05, 4.69) is 241 Å². The van der Waals surface area contributed by atoms with Crippen molar-refractivity contribution in [3.63, 3.8) is 0 Å². The molecule has 72 heavy (non-hydrogen) atoms. The van der Waals surface area contributed by atoms with Crippen molar-refractivity contribution >= 4 is 57.2 Å². The standard InChI is InChI=1S/C69H77BN2/c1-42-31-60-62-61(32-42)72(57-37-51-48(33-43(57)2)63(3,4)29-30-64(51,5)6)59-39-53-50(66(9,10)41-68(53,13)14)36-55(59)70(62)54-35-49-52(67(11,12)40-65(49,7)8)38-58(54)71(60)56-28-27-46(34-47(56)44-23-19-17-20-24-44)69(15,16)45-25-21-18-22-26-45/h17-28,31-39H,29-30,40-41H2,1-16H3/i1D3. The molecular formula is C69H77BN2. The zero-order valence-electron chi connectivity index (χ0n) is 48.9. The van der Waals surface area contributed by atoms with Crippen LogP contribution in [0.2, 0.25) is 0 Å². The van der Waals surface area contributed by atoms with Crippen molar-refractivity contribution in [2.24, 2.45) is 0 Å². The van der Waals surface area contributed by atoms with Gasteiger partial charge in [-0.05, 0) is 192 Å². The summed E-state index contributed by atoms with van der Waals surface area (Å²) in [5.74, 6) is 0. The fourth-order valence-electron chi connectivity index (χ4n) is 15.4. The number of benzene rings is 7. The molecule has 0 saturated carbocycles. The quantitative estimate of drug-likeness (QED) is 0.159. The second kappa shape index (κ2) is 15.1. The second-order valence-corrected chi connectivity index (χ2v) is 27.4. The van der Waals surface area contributed by atoms with Gasteiger partial charge in [-0.2, -0.15) is 0 Å². The zero-order valence-corrected chi connectivity index (χ0v) is 45.9. The molecule has 0 radical (unpaired) electrons. The number of fused-ring (bicyclic) bond motifs is 7. The van der Waals surface area contributed by atoms with Crippen LogP contribution in [0.4, 0.5) is 34.1 Å². The lowest BCUT2D eigenvalue weighted by Crippen LogP contribution is -2.62. The van der Waals surface area contributed by atoms with Crippen LogP contribution >= 0.6 is 0 Å². The molecule has 7 aromatic carbocycles. The fourth-order valence-corrected chi connectivity index (χ4v) is 15.4. The van der Waals surface area contributed by atoms with Gasteiger partial charge in [0.2, 0.25) is 0 Å². The Morgan fingerprint density at radius 1 is 0.444 bits per heavy atom. The Morgan fingerprint density at radius 2 is 0.889 bits per heavy atom. The summed E-state index contributed by atoms with van der Waals surface area (Å²) in [5, 5.41) is 0. The van der Waals surface area contributed by atoms with Gasteiger partial charge in [0.15, 0.2) is 0 Å². The largest absolute Gasteiger partial charge is 0.311 e. The van der Waals surface area contributed by atoms with Gasteiger partial charge in [0.05, 0.1) is 5.69 Å². The summed E-state index contributed by atoms with van der Waals surface area (Å²) in [6, 6.07) is 48.2. The Bertz CT molecular complexity index is 3540. The topological polar surface area (TPSA) is 6.48 Å². The fraction of sp³-hybridized carbons (Fsp3) is 0.391. The molecule has 3 aliphatic carbocycles. The molecule has 7 aromatic rings. The molecule has 0 unspecified atom stereocenters. The Balaban J connectivity index is 1.24. The average molecular weight is 948 g/mol. The summed E-state index contributed by atoms with van der Waals surface area (Å²) in [6.07, 6.45) is 4.32. The van der Waals surface area contributed by atoms with E-state index in [0.29, 0.717) is 5.56 Å². The summed E-state index contributed by atoms with van der Waals surface area (Å²) in [5.41, 5.74) is 24.2. The highest BCUT2D eigenvalue weighted by molar-refractivity contribution is 7.00. The van der Waals surface area contributed by atoms with Gasteiger partial charge in [-0.1, -0.05) is 182 Å². The highest BCUT2D eigenvalue weighted by Crippen LogP contribution is 2.57. The Hall–Kier alpha value is -5.80. The zero-order chi connectivity index (χ0) is 53.5. The van der Waals surface area contributed by atoms with Gasteiger partial charge in [-0.25, -0.2) is 0 Å². The van der Waals surface area contributed by atoms with E-state index < -0.39 is 6.85 Å². The lowest BCUT2D eigenvalue weighted by Gasteiger charge is -2.47. The number of nitrogens with zero attached hydrogens (tertiary/aromatic N) is 2. The van der Waals surface area contributed by atoms with Crippen molar-refractivity contribution in [3.8, 4) is 11.1 Å². The van der Waals surface area contributed by atoms with Crippen LogP contribution in [-0.4, -0.2) is 6.71 Å². The first-order valence-electron chi connectivity index (χ1n) is 28.5. The minimum atomic E-state index is -2.39. The summed E-state index contributed by atoms with van der Waals surface area (Å²) >= 11 is 0. The molecular weight excluding hydrogens is 868 g/mol. The Morgan fingerprint density at radius 3 is 1.40 bits per heavy atom. The van der Waals surface area contributed by atoms with Crippen LogP contribution in [0.5, 0.6) is 0 Å². The maximum absolute atomic E-state index is 9.37. The lowest BCUT2D eigenvalue weighted by molar-refractivity contribution is 0.332. The molecule has 0 atom stereocenters. The maximum Gasteiger partial charge on any atom is 0.252 e. The van der Waals surface area contributed by atoms with Gasteiger partial charge >= 0.3 is 0 Å². The van der Waals surface area contributed by atoms with Crippen LogP contribution in [0.25, 0.3) is 11.1 Å². The van der Waals surface area contributed by atoms with Crippen molar-refractivity contribution in [2.75, 3.05) is 9.80 Å². The first-order valence-corrected chi connectivity index (χ1v) is 27.0. The molecule has 0 amide bonds. The van der Waals surface area contributed by atoms with Crippen molar-refractivity contribution < 1.29 is 4.11 Å². The predicted octanol–water partition coefficient (Wildman–Crippen LogP) is 16.6. The monoisotopic (exact) mass is 948 g/mol. The summed E-state index contributed by atoms with van der Waals surface area (Å²) < 4.78 is 28.1. The van der Waals surface area contributed by atoms with Crippen molar-refractivity contribution in [1.82, 2.24) is 0 Å². The van der Waals surface area contributed by atoms with Crippen molar-refractivity contribution in [1.29, 1.82) is 0 Å². The molecule has 2 nitrogen and oxygen atoms in total. The Labute approximate surface area is 437 Å². The second-order valence-electron chi connectivity index (χ2n) is 27.4. The number of hydrogen-bond donors (Lipinski definition) is 0. The lowest BCUT2D eigenvalue weighted by atomic mass is 9.33. The highest BCUT2D eigenvalue weighted by Gasteiger charge is 2.51. The normalized spacial score (nSPS) is 20.5. The van der Waals surface area contributed by atoms with Crippen LogP contribution < -0.4 is 26.2 Å². The average Bonchev–Trinajstić information content (AvgIpc) is 3.64. The third-order valence-electron chi connectivity index (χ3n) is 19.0. The number of hydrogen-bond acceptors (Lipinski definition) is 2. The van der Waals surface area contributed by atoms with Crippen LogP contribution in [0.1, 0.15) is 182 Å². The number of aryl methyl sites for hydroxylation is 2. The van der Waals surface area contributed by atoms with E-state index in [1.807, 2.05) is 0 Å². The van der Waals surface area contributed by atoms with Crippen LogP contribution in [0, 0.1) is 13.8 Å². The van der Waals surface area contributed by atoms with E-state index >= 15 is 0 Å². The third kappa shape index (κ3) is 6.80. The van der Waals surface area contributed by atoms with Gasteiger partial charge in [0.1, 0.15) is 0 Å². The molecule has 12 rings (SSSR count). The molecule has 5 aliphatic rings. The van der Waals surface area contributed by atoms with Gasteiger partial charge in [0.25, 0.3) is 6.71 Å². The molecule has 2 aliphatic heterocycles. The SMILES string of the molecule is [2H]C([2H])([2H])c1cc2c3c(c1)N(c1ccc(C(C)(C)c4ccccc4)cc1-c1ccccc1)c1cc4c(cc1B3c1cc3c(cc1N2c1cc2c(cc1C)C(C)(C)CCC2(C)C)C(C)(C)CC3(C)C)C(C)(C)CC4(C)C. The van der Waals surface area contributed by atoms with Crippen LogP contribution in [0.3, 0.4) is 0 Å². The minimum Gasteiger partial charge on any atom is -0.311 e. The smallest absolute Gasteiger partial charge is 0.252 e. The van der Waals surface area contributed by atoms with Gasteiger partial charge in [-0.15, -0.1) is 0 Å². The molecule has 0 saturated heterocycles. The van der Waals surface area contributed by atoms with Crippen LogP contribution in [0.15, 0.2) is 127 Å². The summed E-state index contributed by atoms with van der Waals surface area (Å²) in [7, 11) is 0. The highest BCUT2D eigenvalue weighted by atomic mass is 15.2. The first-order chi connectivity index (χ1) is 34.9. The summed E-state index contributed by atoms with van der Waals surface area (Å²) in [6.45, 7) is 33.5. The molecule has 0 bridgehead atoms. The molecule has 3 heteroatoms. The van der Waals surface area contributed by atoms with E-state index in [1.54, 1.807) is 0 Å². The minimum absolute atomic E-state index is 0.0327.